The van der Waals surface area contributed by atoms with E-state index in [4.69, 9.17) is 4.74 Å². The van der Waals surface area contributed by atoms with Gasteiger partial charge >= 0.3 is 0 Å². The lowest BCUT2D eigenvalue weighted by Gasteiger charge is -2.65. The van der Waals surface area contributed by atoms with Gasteiger partial charge in [-0.05, 0) is 38.2 Å². The number of carbonyl (C=O) groups excluding carboxylic acids is 2. The maximum Gasteiger partial charge on any atom is 0.271 e. The number of anilines is 1. The first-order chi connectivity index (χ1) is 10.1. The van der Waals surface area contributed by atoms with Crippen molar-refractivity contribution in [3.05, 3.63) is 29.8 Å². The van der Waals surface area contributed by atoms with Crippen molar-refractivity contribution in [2.24, 2.45) is 5.41 Å². The van der Waals surface area contributed by atoms with Gasteiger partial charge in [-0.3, -0.25) is 9.59 Å². The Hall–Kier alpha value is -1.68. The molecule has 0 bridgehead atoms. The van der Waals surface area contributed by atoms with E-state index in [1.54, 1.807) is 0 Å². The summed E-state index contributed by atoms with van der Waals surface area (Å²) in [6.45, 7) is 1.45. The molecular weight excluding hydrogens is 266 g/mol. The van der Waals surface area contributed by atoms with Crippen molar-refractivity contribution in [1.29, 1.82) is 0 Å². The Labute approximate surface area is 123 Å². The summed E-state index contributed by atoms with van der Waals surface area (Å²) in [7, 11) is 0. The molecule has 3 spiro atoms. The molecule has 5 rings (SSSR count). The lowest BCUT2D eigenvalue weighted by atomic mass is 9.54. The highest BCUT2D eigenvalue weighted by atomic mass is 16.6. The number of benzene rings is 1. The quantitative estimate of drug-likeness (QED) is 0.735. The summed E-state index contributed by atoms with van der Waals surface area (Å²) in [5.74, 6) is -0.385. The number of hydrogen-bond donors (Lipinski definition) is 0. The molecule has 2 amide bonds. The zero-order chi connectivity index (χ0) is 14.5. The van der Waals surface area contributed by atoms with Crippen LogP contribution in [0.3, 0.4) is 0 Å². The summed E-state index contributed by atoms with van der Waals surface area (Å²) < 4.78 is 6.36. The Morgan fingerprint density at radius 2 is 1.90 bits per heavy atom. The fourth-order valence-electron chi connectivity index (χ4n) is 5.00. The van der Waals surface area contributed by atoms with Gasteiger partial charge < -0.3 is 4.74 Å². The van der Waals surface area contributed by atoms with Crippen molar-refractivity contribution in [3.8, 4) is 0 Å². The van der Waals surface area contributed by atoms with Gasteiger partial charge in [0.1, 0.15) is 0 Å². The molecule has 4 aliphatic rings. The first kappa shape index (κ1) is 11.9. The summed E-state index contributed by atoms with van der Waals surface area (Å²) in [4.78, 5) is 26.4. The van der Waals surface area contributed by atoms with Crippen molar-refractivity contribution in [3.63, 3.8) is 0 Å². The predicted molar refractivity (Wildman–Crippen MR) is 75.6 cm³/mol. The number of para-hydroxylation sites is 1. The highest BCUT2D eigenvalue weighted by molar-refractivity contribution is 6.22. The SMILES string of the molecule is CC(=O)N1C(=O)C2(OC3(CCC3)C23CC3)c2ccccc21. The van der Waals surface area contributed by atoms with E-state index < -0.39 is 5.60 Å². The largest absolute Gasteiger partial charge is 0.352 e. The molecule has 4 nitrogen and oxygen atoms in total. The normalized spacial score (nSPS) is 33.0. The molecule has 2 aliphatic carbocycles. The van der Waals surface area contributed by atoms with Crippen LogP contribution in [0.4, 0.5) is 5.69 Å². The molecule has 1 aromatic carbocycles. The van der Waals surface area contributed by atoms with Crippen LogP contribution in [-0.2, 0) is 19.9 Å². The second-order valence-electron chi connectivity index (χ2n) is 6.89. The van der Waals surface area contributed by atoms with Gasteiger partial charge in [-0.1, -0.05) is 18.2 Å². The number of rotatable bonds is 0. The van der Waals surface area contributed by atoms with E-state index in [1.807, 2.05) is 24.3 Å². The van der Waals surface area contributed by atoms with Gasteiger partial charge in [0.25, 0.3) is 5.91 Å². The van der Waals surface area contributed by atoms with Crippen LogP contribution in [0.5, 0.6) is 0 Å². The standard InChI is InChI=1S/C17H17NO3/c1-11(19)18-13-6-3-2-5-12(13)17(14(18)20)15(9-10-15)16(21-17)7-4-8-16/h2-3,5-6H,4,7-10H2,1H3. The van der Waals surface area contributed by atoms with E-state index in [2.05, 4.69) is 0 Å². The molecule has 4 heteroatoms. The number of carbonyl (C=O) groups is 2. The molecule has 3 fully saturated rings. The van der Waals surface area contributed by atoms with Crippen LogP contribution in [0.15, 0.2) is 24.3 Å². The van der Waals surface area contributed by atoms with Gasteiger partial charge in [0.05, 0.1) is 11.3 Å². The van der Waals surface area contributed by atoms with Gasteiger partial charge in [0.2, 0.25) is 5.91 Å². The van der Waals surface area contributed by atoms with Crippen LogP contribution in [-0.4, -0.2) is 17.4 Å². The van der Waals surface area contributed by atoms with E-state index in [-0.39, 0.29) is 22.8 Å². The van der Waals surface area contributed by atoms with Crippen molar-refractivity contribution in [2.75, 3.05) is 4.90 Å². The molecule has 21 heavy (non-hydrogen) atoms. The van der Waals surface area contributed by atoms with Crippen molar-refractivity contribution >= 4 is 17.5 Å². The van der Waals surface area contributed by atoms with E-state index in [9.17, 15) is 9.59 Å². The number of amides is 2. The predicted octanol–water partition coefficient (Wildman–Crippen LogP) is 2.51. The third kappa shape index (κ3) is 0.987. The number of fused-ring (bicyclic) bond motifs is 4. The minimum absolute atomic E-state index is 0.0460. The van der Waals surface area contributed by atoms with Crippen molar-refractivity contribution < 1.29 is 14.3 Å². The Bertz CT molecular complexity index is 702. The molecule has 2 aliphatic heterocycles. The fourth-order valence-corrected chi connectivity index (χ4v) is 5.00. The molecule has 0 radical (unpaired) electrons. The highest BCUT2D eigenvalue weighted by Gasteiger charge is 2.87. The molecule has 0 N–H and O–H groups in total. The summed E-state index contributed by atoms with van der Waals surface area (Å²) in [5.41, 5.74) is 0.615. The highest BCUT2D eigenvalue weighted by Crippen LogP contribution is 2.81. The maximum atomic E-state index is 13.1. The minimum Gasteiger partial charge on any atom is -0.352 e. The Kier molecular flexibility index (Phi) is 1.83. The lowest BCUT2D eigenvalue weighted by molar-refractivity contribution is -0.356. The average Bonchev–Trinajstić information content (AvgIpc) is 3.17. The van der Waals surface area contributed by atoms with Crippen LogP contribution < -0.4 is 4.90 Å². The van der Waals surface area contributed by atoms with Crippen molar-refractivity contribution in [1.82, 2.24) is 0 Å². The summed E-state index contributed by atoms with van der Waals surface area (Å²) in [6, 6.07) is 7.62. The number of ether oxygens (including phenoxy) is 1. The van der Waals surface area contributed by atoms with Crippen LogP contribution >= 0.6 is 0 Å². The Morgan fingerprint density at radius 1 is 1.19 bits per heavy atom. The van der Waals surface area contributed by atoms with Crippen LogP contribution in [0.25, 0.3) is 0 Å². The topological polar surface area (TPSA) is 46.6 Å². The fraction of sp³-hybridized carbons (Fsp3) is 0.529. The van der Waals surface area contributed by atoms with E-state index >= 15 is 0 Å². The molecule has 1 saturated heterocycles. The van der Waals surface area contributed by atoms with Gasteiger partial charge in [0.15, 0.2) is 5.60 Å². The summed E-state index contributed by atoms with van der Waals surface area (Å²) >= 11 is 0. The third-order valence-electron chi connectivity index (χ3n) is 6.15. The lowest BCUT2D eigenvalue weighted by Crippen LogP contribution is -2.74. The van der Waals surface area contributed by atoms with Gasteiger partial charge in [-0.2, -0.15) is 0 Å². The first-order valence-corrected chi connectivity index (χ1v) is 7.73. The second-order valence-corrected chi connectivity index (χ2v) is 6.89. The zero-order valence-corrected chi connectivity index (χ0v) is 12.0. The Morgan fingerprint density at radius 3 is 2.48 bits per heavy atom. The molecule has 0 aromatic heterocycles. The molecule has 1 unspecified atom stereocenters. The van der Waals surface area contributed by atoms with Gasteiger partial charge in [-0.25, -0.2) is 4.90 Å². The summed E-state index contributed by atoms with van der Waals surface area (Å²) in [6.07, 6.45) is 5.39. The molecule has 1 atom stereocenters. The van der Waals surface area contributed by atoms with E-state index in [0.29, 0.717) is 0 Å². The van der Waals surface area contributed by atoms with Crippen molar-refractivity contribution in [2.45, 2.75) is 50.2 Å². The molecule has 108 valence electrons. The number of hydrogen-bond acceptors (Lipinski definition) is 3. The molecular formula is C17H17NO3. The number of imide groups is 1. The van der Waals surface area contributed by atoms with Gasteiger partial charge in [-0.15, -0.1) is 0 Å². The zero-order valence-electron chi connectivity index (χ0n) is 12.0. The third-order valence-corrected chi connectivity index (χ3v) is 6.15. The monoisotopic (exact) mass is 283 g/mol. The van der Waals surface area contributed by atoms with Gasteiger partial charge in [0, 0.05) is 17.9 Å². The maximum absolute atomic E-state index is 13.1. The van der Waals surface area contributed by atoms with Crippen LogP contribution in [0.2, 0.25) is 0 Å². The summed E-state index contributed by atoms with van der Waals surface area (Å²) in [5, 5.41) is 0. The van der Waals surface area contributed by atoms with Crippen LogP contribution in [0.1, 0.15) is 44.6 Å². The first-order valence-electron chi connectivity index (χ1n) is 7.73. The smallest absolute Gasteiger partial charge is 0.271 e. The minimum atomic E-state index is -0.879. The molecule has 2 heterocycles. The molecule has 1 aromatic rings. The number of nitrogens with zero attached hydrogens (tertiary/aromatic N) is 1. The average molecular weight is 283 g/mol. The molecule has 2 saturated carbocycles. The Balaban J connectivity index is 1.72. The second kappa shape index (κ2) is 3.22. The van der Waals surface area contributed by atoms with E-state index in [0.717, 1.165) is 36.9 Å². The van der Waals surface area contributed by atoms with E-state index in [1.165, 1.54) is 18.2 Å². The van der Waals surface area contributed by atoms with Crippen LogP contribution in [0, 0.1) is 5.41 Å².